The van der Waals surface area contributed by atoms with Crippen LogP contribution in [0.15, 0.2) is 6.33 Å². The van der Waals surface area contributed by atoms with Gasteiger partial charge < -0.3 is 9.30 Å². The van der Waals surface area contributed by atoms with Gasteiger partial charge in [-0.15, -0.1) is 11.6 Å². The van der Waals surface area contributed by atoms with Gasteiger partial charge in [0.15, 0.2) is 11.2 Å². The van der Waals surface area contributed by atoms with Gasteiger partial charge in [-0.1, -0.05) is 20.8 Å². The van der Waals surface area contributed by atoms with Crippen LogP contribution in [0.4, 0.5) is 0 Å². The first-order chi connectivity index (χ1) is 8.90. The molecule has 19 heavy (non-hydrogen) atoms. The van der Waals surface area contributed by atoms with E-state index in [0.29, 0.717) is 17.3 Å². The number of aromatic nitrogens is 4. The number of hydrogen-bond acceptors (Lipinski definition) is 4. The van der Waals surface area contributed by atoms with Gasteiger partial charge in [0.05, 0.1) is 13.0 Å². The summed E-state index contributed by atoms with van der Waals surface area (Å²) >= 11 is 6.02. The highest BCUT2D eigenvalue weighted by Crippen LogP contribution is 2.35. The maximum absolute atomic E-state index is 6.02. The van der Waals surface area contributed by atoms with Crippen LogP contribution in [0.25, 0.3) is 11.2 Å². The Labute approximate surface area is 118 Å². The van der Waals surface area contributed by atoms with Crippen molar-refractivity contribution in [1.29, 1.82) is 0 Å². The quantitative estimate of drug-likeness (QED) is 0.812. The molecule has 2 heterocycles. The van der Waals surface area contributed by atoms with Crippen LogP contribution in [0.3, 0.4) is 0 Å². The van der Waals surface area contributed by atoms with Crippen LogP contribution in [-0.4, -0.2) is 26.6 Å². The molecular formula is C13H19ClN4O. The lowest BCUT2D eigenvalue weighted by atomic mass is 9.88. The van der Waals surface area contributed by atoms with Gasteiger partial charge in [0.2, 0.25) is 5.88 Å². The molecule has 0 bridgehead atoms. The number of methoxy groups -OCH3 is 1. The molecule has 2 rings (SSSR count). The zero-order valence-corrected chi connectivity index (χ0v) is 12.7. The Morgan fingerprint density at radius 1 is 1.37 bits per heavy atom. The second-order valence-corrected chi connectivity index (χ2v) is 5.90. The molecule has 0 N–H and O–H groups in total. The van der Waals surface area contributed by atoms with Crippen LogP contribution in [0.2, 0.25) is 0 Å². The van der Waals surface area contributed by atoms with Crippen LogP contribution in [0, 0.1) is 5.41 Å². The smallest absolute Gasteiger partial charge is 0.245 e. The average Bonchev–Trinajstić information content (AvgIpc) is 2.74. The average molecular weight is 283 g/mol. The van der Waals surface area contributed by atoms with Gasteiger partial charge in [-0.25, -0.2) is 9.97 Å². The molecule has 0 radical (unpaired) electrons. The molecule has 0 aliphatic rings. The summed E-state index contributed by atoms with van der Waals surface area (Å²) in [5.74, 6) is 1.61. The molecule has 1 atom stereocenters. The van der Waals surface area contributed by atoms with Crippen molar-refractivity contribution in [2.75, 3.05) is 7.11 Å². The van der Waals surface area contributed by atoms with Crippen molar-refractivity contribution in [1.82, 2.24) is 19.5 Å². The Morgan fingerprint density at radius 2 is 2.05 bits per heavy atom. The van der Waals surface area contributed by atoms with Crippen molar-refractivity contribution in [3.8, 4) is 5.88 Å². The molecule has 0 saturated carbocycles. The second kappa shape index (κ2) is 4.96. The molecular weight excluding hydrogens is 264 g/mol. The third-order valence-corrected chi connectivity index (χ3v) is 3.71. The summed E-state index contributed by atoms with van der Waals surface area (Å²) in [7, 11) is 1.58. The summed E-state index contributed by atoms with van der Waals surface area (Å²) < 4.78 is 7.31. The van der Waals surface area contributed by atoms with Gasteiger partial charge in [0.25, 0.3) is 0 Å². The van der Waals surface area contributed by atoms with E-state index in [1.165, 1.54) is 6.33 Å². The molecule has 0 aliphatic carbocycles. The zero-order valence-electron chi connectivity index (χ0n) is 11.9. The summed E-state index contributed by atoms with van der Waals surface area (Å²) in [6, 6.07) is 0.214. The Bertz CT molecular complexity index is 588. The Kier molecular flexibility index (Phi) is 3.67. The summed E-state index contributed by atoms with van der Waals surface area (Å²) in [6.45, 7) is 8.69. The highest BCUT2D eigenvalue weighted by molar-refractivity contribution is 6.16. The fraction of sp³-hybridized carbons (Fsp3) is 0.615. The van der Waals surface area contributed by atoms with Crippen LogP contribution in [-0.2, 0) is 5.88 Å². The maximum atomic E-state index is 6.02. The summed E-state index contributed by atoms with van der Waals surface area (Å²) in [6.07, 6.45) is 1.49. The first-order valence-corrected chi connectivity index (χ1v) is 6.75. The van der Waals surface area contributed by atoms with E-state index in [4.69, 9.17) is 16.3 Å². The largest absolute Gasteiger partial charge is 0.479 e. The molecule has 0 aliphatic heterocycles. The van der Waals surface area contributed by atoms with Crippen LogP contribution >= 0.6 is 11.6 Å². The lowest BCUT2D eigenvalue weighted by Crippen LogP contribution is -2.23. The van der Waals surface area contributed by atoms with E-state index in [0.717, 1.165) is 11.5 Å². The number of imidazole rings is 1. The summed E-state index contributed by atoms with van der Waals surface area (Å²) in [4.78, 5) is 12.9. The van der Waals surface area contributed by atoms with Gasteiger partial charge in [0.1, 0.15) is 12.2 Å². The Balaban J connectivity index is 2.72. The normalized spacial score (nSPS) is 13.8. The lowest BCUT2D eigenvalue weighted by Gasteiger charge is -2.29. The van der Waals surface area contributed by atoms with Crippen LogP contribution in [0.5, 0.6) is 5.88 Å². The summed E-state index contributed by atoms with van der Waals surface area (Å²) in [5, 5.41) is 0. The first kappa shape index (κ1) is 14.1. The number of ether oxygens (including phenoxy) is 1. The monoisotopic (exact) mass is 282 g/mol. The number of fused-ring (bicyclic) bond motifs is 1. The molecule has 0 saturated heterocycles. The maximum Gasteiger partial charge on any atom is 0.245 e. The molecule has 0 fully saturated rings. The predicted octanol–water partition coefficient (Wildman–Crippen LogP) is 3.18. The van der Waals surface area contributed by atoms with E-state index >= 15 is 0 Å². The third kappa shape index (κ3) is 2.39. The molecule has 0 amide bonds. The van der Waals surface area contributed by atoms with Crippen molar-refractivity contribution < 1.29 is 4.74 Å². The van der Waals surface area contributed by atoms with Crippen LogP contribution < -0.4 is 4.74 Å². The van der Waals surface area contributed by atoms with E-state index in [9.17, 15) is 0 Å². The van der Waals surface area contributed by atoms with E-state index < -0.39 is 0 Å². The third-order valence-electron chi connectivity index (χ3n) is 3.47. The topological polar surface area (TPSA) is 52.8 Å². The van der Waals surface area contributed by atoms with Crippen molar-refractivity contribution in [2.45, 2.75) is 39.6 Å². The molecule has 2 aromatic heterocycles. The Hall–Kier alpha value is -1.36. The number of rotatable bonds is 3. The van der Waals surface area contributed by atoms with Crippen molar-refractivity contribution in [3.05, 3.63) is 12.2 Å². The number of nitrogens with zero attached hydrogens (tertiary/aromatic N) is 4. The SMILES string of the molecule is COc1ncnc2c1nc(CCl)n2C(C)C(C)(C)C. The van der Waals surface area contributed by atoms with Crippen molar-refractivity contribution in [2.24, 2.45) is 5.41 Å². The highest BCUT2D eigenvalue weighted by Gasteiger charge is 2.27. The fourth-order valence-corrected chi connectivity index (χ4v) is 2.16. The number of hydrogen-bond donors (Lipinski definition) is 0. The molecule has 5 nitrogen and oxygen atoms in total. The van der Waals surface area contributed by atoms with E-state index in [1.54, 1.807) is 7.11 Å². The molecule has 1 unspecified atom stereocenters. The van der Waals surface area contributed by atoms with Gasteiger partial charge >= 0.3 is 0 Å². The van der Waals surface area contributed by atoms with E-state index in [-0.39, 0.29) is 11.5 Å². The minimum absolute atomic E-state index is 0.0760. The van der Waals surface area contributed by atoms with Crippen molar-refractivity contribution in [3.63, 3.8) is 0 Å². The van der Waals surface area contributed by atoms with Gasteiger partial charge in [-0.05, 0) is 12.3 Å². The number of halogens is 1. The fourth-order valence-electron chi connectivity index (χ4n) is 1.97. The predicted molar refractivity (Wildman–Crippen MR) is 75.6 cm³/mol. The van der Waals surface area contributed by atoms with Gasteiger partial charge in [-0.3, -0.25) is 0 Å². The van der Waals surface area contributed by atoms with E-state index in [1.807, 2.05) is 0 Å². The standard InChI is InChI=1S/C13H19ClN4O/c1-8(13(2,3)4)18-9(6-14)17-10-11(18)15-7-16-12(10)19-5/h7-8H,6H2,1-5H3. The lowest BCUT2D eigenvalue weighted by molar-refractivity contribution is 0.263. The first-order valence-electron chi connectivity index (χ1n) is 6.22. The van der Waals surface area contributed by atoms with Gasteiger partial charge in [-0.2, -0.15) is 4.98 Å². The minimum atomic E-state index is 0.0760. The molecule has 2 aromatic rings. The molecule has 0 aromatic carbocycles. The Morgan fingerprint density at radius 3 is 2.58 bits per heavy atom. The molecule has 0 spiro atoms. The molecule has 104 valence electrons. The van der Waals surface area contributed by atoms with E-state index in [2.05, 4.69) is 47.2 Å². The number of alkyl halides is 1. The van der Waals surface area contributed by atoms with Crippen molar-refractivity contribution >= 4 is 22.8 Å². The summed E-state index contributed by atoms with van der Waals surface area (Å²) in [5.41, 5.74) is 1.51. The second-order valence-electron chi connectivity index (χ2n) is 5.63. The van der Waals surface area contributed by atoms with Crippen LogP contribution in [0.1, 0.15) is 39.6 Å². The minimum Gasteiger partial charge on any atom is -0.479 e. The highest BCUT2D eigenvalue weighted by atomic mass is 35.5. The zero-order chi connectivity index (χ0) is 14.2. The molecule has 6 heteroatoms. The van der Waals surface area contributed by atoms with Gasteiger partial charge in [0, 0.05) is 6.04 Å².